The number of nitrogens with one attached hydrogen (secondary N) is 1. The highest BCUT2D eigenvalue weighted by Crippen LogP contribution is 2.27. The zero-order valence-electron chi connectivity index (χ0n) is 12.3. The fraction of sp³-hybridized carbons (Fsp3) is 0.562. The molecule has 1 aliphatic rings. The molecule has 2 rings (SSSR count). The van der Waals surface area contributed by atoms with Gasteiger partial charge in [0.15, 0.2) is 17.4 Å². The first-order valence-corrected chi connectivity index (χ1v) is 7.63. The van der Waals surface area contributed by atoms with E-state index in [1.54, 1.807) is 0 Å². The number of carbonyl (C=O) groups excluding carboxylic acids is 1. The average molecular weight is 313 g/mol. The summed E-state index contributed by atoms with van der Waals surface area (Å²) >= 11 is 0. The highest BCUT2D eigenvalue weighted by atomic mass is 19.1. The number of phenolic OH excluding ortho intramolecular Hbond substituents is 1. The van der Waals surface area contributed by atoms with E-state index in [1.165, 1.54) is 0 Å². The van der Waals surface area contributed by atoms with Crippen molar-refractivity contribution >= 4 is 5.91 Å². The Labute approximate surface area is 128 Å². The molecule has 22 heavy (non-hydrogen) atoms. The fourth-order valence-electron chi connectivity index (χ4n) is 2.89. The molecule has 1 aliphatic carbocycles. The topological polar surface area (TPSA) is 69.6 Å². The number of rotatable bonds is 5. The molecule has 1 aromatic carbocycles. The van der Waals surface area contributed by atoms with Crippen LogP contribution in [0.15, 0.2) is 12.1 Å². The van der Waals surface area contributed by atoms with Gasteiger partial charge in [-0.15, -0.1) is 0 Å². The predicted molar refractivity (Wildman–Crippen MR) is 77.6 cm³/mol. The predicted octanol–water partition coefficient (Wildman–Crippen LogP) is 2.73. The minimum absolute atomic E-state index is 0.162. The Hall–Kier alpha value is -1.69. The lowest BCUT2D eigenvalue weighted by molar-refractivity contribution is 0.0641. The monoisotopic (exact) mass is 313 g/mol. The van der Waals surface area contributed by atoms with Crippen molar-refractivity contribution in [2.45, 2.75) is 44.6 Å². The second-order valence-corrected chi connectivity index (χ2v) is 5.80. The largest absolute Gasteiger partial charge is 0.503 e. The molecule has 0 aliphatic heterocycles. The zero-order chi connectivity index (χ0) is 16.1. The number of benzene rings is 1. The van der Waals surface area contributed by atoms with Crippen LogP contribution in [0.5, 0.6) is 5.75 Å². The molecular weight excluding hydrogens is 292 g/mol. The summed E-state index contributed by atoms with van der Waals surface area (Å²) in [5, 5.41) is 21.4. The molecule has 0 unspecified atom stereocenters. The molecule has 3 N–H and O–H groups in total. The summed E-state index contributed by atoms with van der Waals surface area (Å²) < 4.78 is 26.4. The molecule has 4 nitrogen and oxygen atoms in total. The summed E-state index contributed by atoms with van der Waals surface area (Å²) in [6.07, 6.45) is 5.29. The Morgan fingerprint density at radius 3 is 2.50 bits per heavy atom. The van der Waals surface area contributed by atoms with Gasteiger partial charge in [0.2, 0.25) is 0 Å². The van der Waals surface area contributed by atoms with E-state index in [0.29, 0.717) is 13.0 Å². The zero-order valence-corrected chi connectivity index (χ0v) is 12.3. The van der Waals surface area contributed by atoms with E-state index < -0.39 is 23.3 Å². The molecule has 0 heterocycles. The SMILES string of the molecule is O=C(NCCC[C@@H]1CCCC[C@H]1O)c1cc(F)c(O)c(F)c1. The second-order valence-electron chi connectivity index (χ2n) is 5.80. The first kappa shape index (κ1) is 16.7. The molecule has 1 saturated carbocycles. The van der Waals surface area contributed by atoms with E-state index in [2.05, 4.69) is 5.32 Å². The minimum Gasteiger partial charge on any atom is -0.503 e. The van der Waals surface area contributed by atoms with Crippen molar-refractivity contribution in [2.24, 2.45) is 5.92 Å². The molecule has 0 spiro atoms. The van der Waals surface area contributed by atoms with Crippen molar-refractivity contribution in [1.29, 1.82) is 0 Å². The standard InChI is InChI=1S/C16H21F2NO3/c17-12-8-11(9-13(18)15(12)21)16(22)19-7-3-5-10-4-1-2-6-14(10)20/h8-10,14,20-21H,1-7H2,(H,19,22)/t10-,14+/m0/s1. The van der Waals surface area contributed by atoms with Crippen molar-refractivity contribution in [1.82, 2.24) is 5.32 Å². The summed E-state index contributed by atoms with van der Waals surface area (Å²) in [5.41, 5.74) is -0.162. The minimum atomic E-state index is -1.16. The summed E-state index contributed by atoms with van der Waals surface area (Å²) in [4.78, 5) is 11.8. The Bertz CT molecular complexity index is 513. The maximum Gasteiger partial charge on any atom is 0.251 e. The molecule has 6 heteroatoms. The van der Waals surface area contributed by atoms with Crippen molar-refractivity contribution in [3.05, 3.63) is 29.3 Å². The smallest absolute Gasteiger partial charge is 0.251 e. The summed E-state index contributed by atoms with van der Waals surface area (Å²) in [7, 11) is 0. The van der Waals surface area contributed by atoms with Crippen LogP contribution in [0.3, 0.4) is 0 Å². The average Bonchev–Trinajstić information content (AvgIpc) is 2.50. The van der Waals surface area contributed by atoms with Crippen LogP contribution < -0.4 is 5.32 Å². The van der Waals surface area contributed by atoms with E-state index in [4.69, 9.17) is 5.11 Å². The van der Waals surface area contributed by atoms with Gasteiger partial charge in [-0.1, -0.05) is 12.8 Å². The molecule has 0 saturated heterocycles. The van der Waals surface area contributed by atoms with Gasteiger partial charge in [-0.05, 0) is 43.7 Å². The Morgan fingerprint density at radius 1 is 1.23 bits per heavy atom. The third-order valence-corrected chi connectivity index (χ3v) is 4.19. The van der Waals surface area contributed by atoms with Gasteiger partial charge in [-0.3, -0.25) is 4.79 Å². The highest BCUT2D eigenvalue weighted by Gasteiger charge is 2.22. The maximum absolute atomic E-state index is 13.2. The quantitative estimate of drug-likeness (QED) is 0.732. The van der Waals surface area contributed by atoms with E-state index in [-0.39, 0.29) is 17.6 Å². The first-order valence-electron chi connectivity index (χ1n) is 7.63. The van der Waals surface area contributed by atoms with Gasteiger partial charge in [0, 0.05) is 12.1 Å². The maximum atomic E-state index is 13.2. The third-order valence-electron chi connectivity index (χ3n) is 4.19. The number of aromatic hydroxyl groups is 1. The number of aliphatic hydroxyl groups is 1. The van der Waals surface area contributed by atoms with Gasteiger partial charge in [0.1, 0.15) is 0 Å². The normalized spacial score (nSPS) is 21.6. The highest BCUT2D eigenvalue weighted by molar-refractivity contribution is 5.94. The molecule has 122 valence electrons. The van der Waals surface area contributed by atoms with E-state index in [1.807, 2.05) is 0 Å². The summed E-state index contributed by atoms with van der Waals surface area (Å²) in [5.74, 6) is -3.70. The molecule has 1 fully saturated rings. The molecule has 1 amide bonds. The lowest BCUT2D eigenvalue weighted by atomic mass is 9.83. The number of amides is 1. The van der Waals surface area contributed by atoms with Crippen molar-refractivity contribution in [2.75, 3.05) is 6.54 Å². The van der Waals surface area contributed by atoms with Crippen LogP contribution in [0, 0.1) is 17.6 Å². The van der Waals surface area contributed by atoms with Crippen LogP contribution in [-0.4, -0.2) is 28.8 Å². The van der Waals surface area contributed by atoms with E-state index in [0.717, 1.165) is 44.2 Å². The molecule has 0 bridgehead atoms. The van der Waals surface area contributed by atoms with Gasteiger partial charge in [-0.2, -0.15) is 0 Å². The second kappa shape index (κ2) is 7.54. The summed E-state index contributed by atoms with van der Waals surface area (Å²) in [6.45, 7) is 0.381. The van der Waals surface area contributed by atoms with Gasteiger partial charge >= 0.3 is 0 Å². The van der Waals surface area contributed by atoms with E-state index in [9.17, 15) is 18.7 Å². The number of hydrogen-bond acceptors (Lipinski definition) is 3. The van der Waals surface area contributed by atoms with Crippen LogP contribution >= 0.6 is 0 Å². The van der Waals surface area contributed by atoms with Crippen LogP contribution in [-0.2, 0) is 0 Å². The van der Waals surface area contributed by atoms with Crippen molar-refractivity contribution in [3.63, 3.8) is 0 Å². The van der Waals surface area contributed by atoms with Gasteiger partial charge in [0.05, 0.1) is 6.10 Å². The lowest BCUT2D eigenvalue weighted by Crippen LogP contribution is -2.28. The van der Waals surface area contributed by atoms with E-state index >= 15 is 0 Å². The number of hydrogen-bond donors (Lipinski definition) is 3. The molecule has 0 aromatic heterocycles. The number of aliphatic hydroxyl groups excluding tert-OH is 1. The number of halogens is 2. The molecule has 2 atom stereocenters. The number of carbonyl (C=O) groups is 1. The van der Waals surface area contributed by atoms with Crippen molar-refractivity contribution in [3.8, 4) is 5.75 Å². The van der Waals surface area contributed by atoms with Crippen LogP contribution in [0.2, 0.25) is 0 Å². The van der Waals surface area contributed by atoms with Crippen LogP contribution in [0.25, 0.3) is 0 Å². The molecule has 0 radical (unpaired) electrons. The Morgan fingerprint density at radius 2 is 1.86 bits per heavy atom. The molecule has 1 aromatic rings. The Kier molecular flexibility index (Phi) is 5.71. The van der Waals surface area contributed by atoms with Gasteiger partial charge in [0.25, 0.3) is 5.91 Å². The molecular formula is C16H21F2NO3. The van der Waals surface area contributed by atoms with Crippen LogP contribution in [0.1, 0.15) is 48.9 Å². The third kappa shape index (κ3) is 4.16. The number of phenols is 1. The fourth-order valence-corrected chi connectivity index (χ4v) is 2.89. The summed E-state index contributed by atoms with van der Waals surface area (Å²) in [6, 6.07) is 1.61. The van der Waals surface area contributed by atoms with Crippen molar-refractivity contribution < 1.29 is 23.8 Å². The van der Waals surface area contributed by atoms with Crippen LogP contribution in [0.4, 0.5) is 8.78 Å². The lowest BCUT2D eigenvalue weighted by Gasteiger charge is -2.27. The van der Waals surface area contributed by atoms with Gasteiger partial charge < -0.3 is 15.5 Å². The Balaban J connectivity index is 1.78. The first-order chi connectivity index (χ1) is 10.5. The van der Waals surface area contributed by atoms with Gasteiger partial charge in [-0.25, -0.2) is 8.78 Å².